The molecule has 0 aliphatic heterocycles. The van der Waals surface area contributed by atoms with Crippen LogP contribution in [0.15, 0.2) is 24.8 Å². The molecule has 0 unspecified atom stereocenters. The van der Waals surface area contributed by atoms with Gasteiger partial charge in [-0.3, -0.25) is 0 Å². The van der Waals surface area contributed by atoms with Crippen LogP contribution in [0.2, 0.25) is 0 Å². The minimum absolute atomic E-state index is 1.15. The molecule has 0 saturated carbocycles. The summed E-state index contributed by atoms with van der Waals surface area (Å²) in [6.07, 6.45) is 6.73. The topological polar surface area (TPSA) is 0 Å². The molecule has 80 valence electrons. The van der Waals surface area contributed by atoms with E-state index in [1.54, 1.807) is 6.08 Å². The summed E-state index contributed by atoms with van der Waals surface area (Å²) >= 11 is 0. The highest BCUT2D eigenvalue weighted by molar-refractivity contribution is 4.91. The Bertz CT molecular complexity index is 90.2. The van der Waals surface area contributed by atoms with Crippen molar-refractivity contribution in [3.05, 3.63) is 24.8 Å². The van der Waals surface area contributed by atoms with Crippen LogP contribution in [0.1, 0.15) is 60.3 Å². The summed E-state index contributed by atoms with van der Waals surface area (Å²) in [7, 11) is 0. The van der Waals surface area contributed by atoms with Gasteiger partial charge in [-0.15, -0.1) is 6.58 Å². The molecule has 0 heteroatoms. The van der Waals surface area contributed by atoms with Crippen LogP contribution < -0.4 is 0 Å². The van der Waals surface area contributed by atoms with Crippen LogP contribution >= 0.6 is 0 Å². The Morgan fingerprint density at radius 2 is 1.62 bits per heavy atom. The average Bonchev–Trinajstić information content (AvgIpc) is 2.18. The first-order chi connectivity index (χ1) is 6.22. The Balaban J connectivity index is -0.000000169. The highest BCUT2D eigenvalue weighted by Crippen LogP contribution is 2.06. The molecule has 0 heterocycles. The highest BCUT2D eigenvalue weighted by atomic mass is 13.9. The maximum absolute atomic E-state index is 3.91. The normalized spacial score (nSPS) is 7.15. The van der Waals surface area contributed by atoms with Crippen molar-refractivity contribution in [3.8, 4) is 0 Å². The second-order valence-electron chi connectivity index (χ2n) is 2.62. The fraction of sp³-hybridized carbons (Fsp3) is 0.692. The molecular formula is C13H28. The number of unbranched alkanes of at least 4 members (excludes halogenated alkanes) is 1. The molecule has 0 aromatic carbocycles. The Kier molecular flexibility index (Phi) is 31.7. The molecule has 0 aliphatic rings. The van der Waals surface area contributed by atoms with Crippen LogP contribution in [-0.2, 0) is 0 Å². The quantitative estimate of drug-likeness (QED) is 0.516. The van der Waals surface area contributed by atoms with E-state index >= 15 is 0 Å². The molecule has 0 aromatic rings. The van der Waals surface area contributed by atoms with Crippen molar-refractivity contribution in [3.63, 3.8) is 0 Å². The summed E-state index contributed by atoms with van der Waals surface area (Å²) in [6, 6.07) is 0. The Labute approximate surface area is 85.8 Å². The average molecular weight is 184 g/mol. The lowest BCUT2D eigenvalue weighted by atomic mass is 10.1. The minimum Gasteiger partial charge on any atom is -0.103 e. The third-order valence-electron chi connectivity index (χ3n) is 1.38. The molecule has 0 spiro atoms. The predicted molar refractivity (Wildman–Crippen MR) is 66.2 cm³/mol. The largest absolute Gasteiger partial charge is 0.103 e. The molecule has 0 atom stereocenters. The molecule has 0 saturated heterocycles. The van der Waals surface area contributed by atoms with E-state index in [0.29, 0.717) is 0 Å². The monoisotopic (exact) mass is 184 g/mol. The SMILES string of the molecule is C=C(CC)CCCC.C=CC.CC. The van der Waals surface area contributed by atoms with E-state index in [2.05, 4.69) is 27.0 Å². The first-order valence-corrected chi connectivity index (χ1v) is 5.46. The van der Waals surface area contributed by atoms with Gasteiger partial charge in [0.2, 0.25) is 0 Å². The number of rotatable bonds is 4. The van der Waals surface area contributed by atoms with Crippen LogP contribution in [0.25, 0.3) is 0 Å². The van der Waals surface area contributed by atoms with Crippen LogP contribution in [0.4, 0.5) is 0 Å². The van der Waals surface area contributed by atoms with Gasteiger partial charge in [-0.25, -0.2) is 0 Å². The predicted octanol–water partition coefficient (Wildman–Crippen LogP) is 5.36. The van der Waals surface area contributed by atoms with Crippen molar-refractivity contribution >= 4 is 0 Å². The molecule has 0 aliphatic carbocycles. The standard InChI is InChI=1S/C8H16.C3H6.C2H6/c1-4-6-7-8(3)5-2;1-3-2;1-2/h3-7H2,1-2H3;3H,1H2,2H3;1-2H3. The summed E-state index contributed by atoms with van der Waals surface area (Å²) in [5, 5.41) is 0. The lowest BCUT2D eigenvalue weighted by molar-refractivity contribution is 0.769. The fourth-order valence-corrected chi connectivity index (χ4v) is 0.604. The van der Waals surface area contributed by atoms with Gasteiger partial charge in [0, 0.05) is 0 Å². The molecule has 0 rings (SSSR count). The molecule has 0 aromatic heterocycles. The molecule has 0 bridgehead atoms. The van der Waals surface area contributed by atoms with E-state index in [9.17, 15) is 0 Å². The van der Waals surface area contributed by atoms with Crippen molar-refractivity contribution in [1.82, 2.24) is 0 Å². The van der Waals surface area contributed by atoms with Gasteiger partial charge in [-0.1, -0.05) is 52.3 Å². The van der Waals surface area contributed by atoms with Gasteiger partial charge in [0.25, 0.3) is 0 Å². The van der Waals surface area contributed by atoms with E-state index in [4.69, 9.17) is 0 Å². The zero-order valence-electron chi connectivity index (χ0n) is 10.3. The summed E-state index contributed by atoms with van der Waals surface area (Å²) in [5.74, 6) is 0. The molecular weight excluding hydrogens is 156 g/mol. The Morgan fingerprint density at radius 1 is 1.23 bits per heavy atom. The van der Waals surface area contributed by atoms with Gasteiger partial charge in [0.1, 0.15) is 0 Å². The van der Waals surface area contributed by atoms with Gasteiger partial charge >= 0.3 is 0 Å². The smallest absolute Gasteiger partial charge is 0.0323 e. The molecule has 13 heavy (non-hydrogen) atoms. The van der Waals surface area contributed by atoms with Crippen LogP contribution in [0, 0.1) is 0 Å². The van der Waals surface area contributed by atoms with E-state index in [1.165, 1.54) is 24.8 Å². The van der Waals surface area contributed by atoms with E-state index in [-0.39, 0.29) is 0 Å². The summed E-state index contributed by atoms with van der Waals surface area (Å²) < 4.78 is 0. The molecule has 0 radical (unpaired) electrons. The van der Waals surface area contributed by atoms with E-state index < -0.39 is 0 Å². The zero-order valence-corrected chi connectivity index (χ0v) is 10.3. The van der Waals surface area contributed by atoms with Crippen molar-refractivity contribution < 1.29 is 0 Å². The number of hydrogen-bond donors (Lipinski definition) is 0. The molecule has 0 amide bonds. The Hall–Kier alpha value is -0.520. The van der Waals surface area contributed by atoms with Crippen LogP contribution in [0.5, 0.6) is 0 Å². The Morgan fingerprint density at radius 3 is 1.85 bits per heavy atom. The molecule has 0 fully saturated rings. The highest BCUT2D eigenvalue weighted by Gasteiger charge is 1.86. The second-order valence-corrected chi connectivity index (χ2v) is 2.62. The third kappa shape index (κ3) is 34.4. The lowest BCUT2D eigenvalue weighted by Gasteiger charge is -1.97. The van der Waals surface area contributed by atoms with Crippen molar-refractivity contribution in [2.75, 3.05) is 0 Å². The van der Waals surface area contributed by atoms with Crippen LogP contribution in [-0.4, -0.2) is 0 Å². The fourth-order valence-electron chi connectivity index (χ4n) is 0.604. The minimum atomic E-state index is 1.15. The van der Waals surface area contributed by atoms with E-state index in [0.717, 1.165) is 6.42 Å². The molecule has 0 nitrogen and oxygen atoms in total. The van der Waals surface area contributed by atoms with Gasteiger partial charge in [-0.05, 0) is 26.2 Å². The van der Waals surface area contributed by atoms with Gasteiger partial charge in [-0.2, -0.15) is 0 Å². The maximum Gasteiger partial charge on any atom is -0.0323 e. The lowest BCUT2D eigenvalue weighted by Crippen LogP contribution is -1.76. The number of hydrogen-bond acceptors (Lipinski definition) is 0. The second kappa shape index (κ2) is 22.5. The number of allylic oxidation sites excluding steroid dienone is 2. The maximum atomic E-state index is 3.91. The third-order valence-corrected chi connectivity index (χ3v) is 1.38. The first kappa shape index (κ1) is 18.3. The van der Waals surface area contributed by atoms with Crippen molar-refractivity contribution in [1.29, 1.82) is 0 Å². The summed E-state index contributed by atoms with van der Waals surface area (Å²) in [4.78, 5) is 0. The van der Waals surface area contributed by atoms with Gasteiger partial charge in [0.15, 0.2) is 0 Å². The molecule has 0 N–H and O–H groups in total. The van der Waals surface area contributed by atoms with Crippen LogP contribution in [0.3, 0.4) is 0 Å². The van der Waals surface area contributed by atoms with Crippen molar-refractivity contribution in [2.24, 2.45) is 0 Å². The summed E-state index contributed by atoms with van der Waals surface area (Å²) in [6.45, 7) is 17.5. The zero-order chi connectivity index (χ0) is 11.1. The first-order valence-electron chi connectivity index (χ1n) is 5.46. The summed E-state index contributed by atoms with van der Waals surface area (Å²) in [5.41, 5.74) is 1.40. The van der Waals surface area contributed by atoms with Gasteiger partial charge < -0.3 is 0 Å². The van der Waals surface area contributed by atoms with Gasteiger partial charge in [0.05, 0.1) is 0 Å². The van der Waals surface area contributed by atoms with E-state index in [1.807, 2.05) is 20.8 Å². The van der Waals surface area contributed by atoms with Crippen molar-refractivity contribution in [2.45, 2.75) is 60.3 Å².